The van der Waals surface area contributed by atoms with Gasteiger partial charge in [-0.05, 0) is 25.8 Å². The second-order valence-electron chi connectivity index (χ2n) is 3.94. The Morgan fingerprint density at radius 3 is 3.19 bits per heavy atom. The number of hydrogen-bond acceptors (Lipinski definition) is 3. The lowest BCUT2D eigenvalue weighted by atomic mass is 10.1. The third-order valence-corrected chi connectivity index (χ3v) is 2.75. The van der Waals surface area contributed by atoms with Crippen LogP contribution in [0.25, 0.3) is 0 Å². The van der Waals surface area contributed by atoms with E-state index >= 15 is 0 Å². The van der Waals surface area contributed by atoms with Crippen molar-refractivity contribution < 1.29 is 4.74 Å². The summed E-state index contributed by atoms with van der Waals surface area (Å²) in [6.45, 7) is 2.62. The molecule has 2 rings (SSSR count). The topological polar surface area (TPSA) is 51.9 Å². The number of hydrogen-bond donors (Lipinski definition) is 0. The van der Waals surface area contributed by atoms with Crippen LogP contribution in [0, 0.1) is 23.8 Å². The molecule has 0 saturated carbocycles. The van der Waals surface area contributed by atoms with Crippen LogP contribution in [-0.2, 0) is 4.74 Å². The monoisotopic (exact) mass is 215 g/mol. The maximum atomic E-state index is 8.75. The molecule has 0 amide bonds. The van der Waals surface area contributed by atoms with Gasteiger partial charge in [-0.25, -0.2) is 0 Å². The maximum absolute atomic E-state index is 8.75. The van der Waals surface area contributed by atoms with Crippen molar-refractivity contribution in [2.75, 3.05) is 6.54 Å². The molecule has 4 heteroatoms. The van der Waals surface area contributed by atoms with Crippen molar-refractivity contribution in [2.24, 2.45) is 4.99 Å². The number of epoxide rings is 1. The van der Waals surface area contributed by atoms with Crippen molar-refractivity contribution in [2.45, 2.75) is 32.1 Å². The zero-order valence-electron chi connectivity index (χ0n) is 9.18. The van der Waals surface area contributed by atoms with E-state index in [1.54, 1.807) is 13.0 Å². The van der Waals surface area contributed by atoms with Gasteiger partial charge in [0.25, 0.3) is 0 Å². The molecule has 16 heavy (non-hydrogen) atoms. The predicted octanol–water partition coefficient (Wildman–Crippen LogP) is 1.27. The molecule has 4 nitrogen and oxygen atoms in total. The highest BCUT2D eigenvalue weighted by atomic mass is 16.6. The molecule has 0 radical (unpaired) electrons. The highest BCUT2D eigenvalue weighted by Gasteiger charge is 2.46. The molecule has 2 aliphatic rings. The molecule has 2 heterocycles. The standard InChI is InChI=1S/C12H13N3O/c1-3-14-11(7-9(2)8-13)15-6-4-5-10-12(15)16-10/h1,7,10,12H,4-6H2,2H3/b9-7+,14-11+/t10?,12-/m1/s1. The Labute approximate surface area is 95.2 Å². The molecule has 2 saturated heterocycles. The Morgan fingerprint density at radius 2 is 2.50 bits per heavy atom. The van der Waals surface area contributed by atoms with E-state index in [0.29, 0.717) is 17.5 Å². The van der Waals surface area contributed by atoms with Crippen LogP contribution in [0.5, 0.6) is 0 Å². The van der Waals surface area contributed by atoms with Gasteiger partial charge in [0, 0.05) is 18.2 Å². The quantitative estimate of drug-likeness (QED) is 0.217. The molecule has 2 atom stereocenters. The van der Waals surface area contributed by atoms with Crippen LogP contribution in [0.1, 0.15) is 19.8 Å². The summed E-state index contributed by atoms with van der Waals surface area (Å²) in [7, 11) is 0. The van der Waals surface area contributed by atoms with Gasteiger partial charge in [-0.1, -0.05) is 6.42 Å². The number of nitriles is 1. The summed E-state index contributed by atoms with van der Waals surface area (Å²) in [6.07, 6.45) is 9.52. The number of ether oxygens (including phenoxy) is 1. The molecule has 0 aromatic rings. The third-order valence-electron chi connectivity index (χ3n) is 2.75. The minimum atomic E-state index is 0.114. The summed E-state index contributed by atoms with van der Waals surface area (Å²) in [6, 6.07) is 4.34. The molecule has 2 fully saturated rings. The van der Waals surface area contributed by atoms with Gasteiger partial charge in [0.05, 0.1) is 6.07 Å². The lowest BCUT2D eigenvalue weighted by molar-refractivity contribution is 0.269. The van der Waals surface area contributed by atoms with E-state index in [1.165, 1.54) is 0 Å². The number of allylic oxidation sites excluding steroid dienone is 1. The van der Waals surface area contributed by atoms with Crippen molar-refractivity contribution in [3.05, 3.63) is 11.6 Å². The average Bonchev–Trinajstić information content (AvgIpc) is 3.06. The van der Waals surface area contributed by atoms with Crippen molar-refractivity contribution in [3.63, 3.8) is 0 Å². The zero-order chi connectivity index (χ0) is 11.5. The summed E-state index contributed by atoms with van der Waals surface area (Å²) in [5, 5.41) is 8.75. The Bertz CT molecular complexity index is 425. The SMILES string of the molecule is C#C/N=C(\C=C(/C)C#N)N1CCCC2O[C@H]21. The largest absolute Gasteiger partial charge is 0.348 e. The van der Waals surface area contributed by atoms with Gasteiger partial charge in [0.2, 0.25) is 0 Å². The average molecular weight is 215 g/mol. The van der Waals surface area contributed by atoms with E-state index in [-0.39, 0.29) is 6.23 Å². The lowest BCUT2D eigenvalue weighted by Crippen LogP contribution is -2.37. The predicted molar refractivity (Wildman–Crippen MR) is 60.2 cm³/mol. The van der Waals surface area contributed by atoms with Gasteiger partial charge in [-0.3, -0.25) is 0 Å². The molecule has 0 spiro atoms. The van der Waals surface area contributed by atoms with Gasteiger partial charge in [0.15, 0.2) is 6.23 Å². The normalized spacial score (nSPS) is 29.1. The fourth-order valence-electron chi connectivity index (χ4n) is 1.92. The summed E-state index contributed by atoms with van der Waals surface area (Å²) >= 11 is 0. The number of likely N-dealkylation sites (tertiary alicyclic amines) is 1. The van der Waals surface area contributed by atoms with Crippen molar-refractivity contribution >= 4 is 5.84 Å². The number of aliphatic imine (C=N–C) groups is 1. The fraction of sp³-hybridized carbons (Fsp3) is 0.500. The van der Waals surface area contributed by atoms with Gasteiger partial charge >= 0.3 is 0 Å². The number of fused-ring (bicyclic) bond motifs is 1. The maximum Gasteiger partial charge on any atom is 0.158 e. The third kappa shape index (κ3) is 2.08. The Morgan fingerprint density at radius 1 is 1.69 bits per heavy atom. The van der Waals surface area contributed by atoms with Crippen LogP contribution in [0.2, 0.25) is 0 Å². The van der Waals surface area contributed by atoms with E-state index in [2.05, 4.69) is 17.1 Å². The Balaban J connectivity index is 2.18. The van der Waals surface area contributed by atoms with Crippen LogP contribution in [0.15, 0.2) is 16.6 Å². The molecule has 2 aliphatic heterocycles. The van der Waals surface area contributed by atoms with E-state index in [9.17, 15) is 0 Å². The first-order chi connectivity index (χ1) is 7.76. The summed E-state index contributed by atoms with van der Waals surface area (Å²) in [4.78, 5) is 6.01. The first-order valence-corrected chi connectivity index (χ1v) is 5.30. The van der Waals surface area contributed by atoms with Crippen LogP contribution in [-0.4, -0.2) is 29.6 Å². The smallest absolute Gasteiger partial charge is 0.158 e. The first-order valence-electron chi connectivity index (χ1n) is 5.30. The summed E-state index contributed by atoms with van der Waals surface area (Å²) in [5.41, 5.74) is 0.594. The minimum absolute atomic E-state index is 0.114. The molecular formula is C12H13N3O. The number of terminal acetylenes is 1. The van der Waals surface area contributed by atoms with E-state index < -0.39 is 0 Å². The minimum Gasteiger partial charge on any atom is -0.348 e. The van der Waals surface area contributed by atoms with Crippen LogP contribution >= 0.6 is 0 Å². The first kappa shape index (κ1) is 10.7. The zero-order valence-corrected chi connectivity index (χ0v) is 9.18. The van der Waals surface area contributed by atoms with Crippen LogP contribution < -0.4 is 0 Å². The molecule has 0 aliphatic carbocycles. The highest BCUT2D eigenvalue weighted by Crippen LogP contribution is 2.34. The van der Waals surface area contributed by atoms with E-state index in [4.69, 9.17) is 16.4 Å². The Hall–Kier alpha value is -1.78. The molecule has 0 aromatic heterocycles. The second kappa shape index (κ2) is 4.38. The van der Waals surface area contributed by atoms with E-state index in [0.717, 1.165) is 19.4 Å². The van der Waals surface area contributed by atoms with Gasteiger partial charge in [0.1, 0.15) is 11.9 Å². The van der Waals surface area contributed by atoms with Crippen molar-refractivity contribution in [1.29, 1.82) is 5.26 Å². The van der Waals surface area contributed by atoms with E-state index in [1.807, 2.05) is 4.90 Å². The molecule has 0 aromatic carbocycles. The number of piperidine rings is 1. The van der Waals surface area contributed by atoms with Crippen LogP contribution in [0.3, 0.4) is 0 Å². The molecular weight excluding hydrogens is 202 g/mol. The molecule has 0 bridgehead atoms. The fourth-order valence-corrected chi connectivity index (χ4v) is 1.92. The molecule has 82 valence electrons. The second-order valence-corrected chi connectivity index (χ2v) is 3.94. The highest BCUT2D eigenvalue weighted by molar-refractivity contribution is 5.95. The summed E-state index contributed by atoms with van der Waals surface area (Å²) in [5.74, 6) is 0.661. The number of rotatable bonds is 1. The van der Waals surface area contributed by atoms with Crippen LogP contribution in [0.4, 0.5) is 0 Å². The molecule has 0 N–H and O–H groups in total. The van der Waals surface area contributed by atoms with Crippen molar-refractivity contribution in [1.82, 2.24) is 4.90 Å². The summed E-state index contributed by atoms with van der Waals surface area (Å²) < 4.78 is 5.50. The number of amidine groups is 1. The number of nitrogens with zero attached hydrogens (tertiary/aromatic N) is 3. The van der Waals surface area contributed by atoms with Crippen molar-refractivity contribution in [3.8, 4) is 18.5 Å². The lowest BCUT2D eigenvalue weighted by Gasteiger charge is -2.24. The Kier molecular flexibility index (Phi) is 2.94. The molecule has 1 unspecified atom stereocenters. The van der Waals surface area contributed by atoms with Gasteiger partial charge in [-0.2, -0.15) is 10.3 Å². The van der Waals surface area contributed by atoms with Gasteiger partial charge in [-0.15, -0.1) is 0 Å². The van der Waals surface area contributed by atoms with Gasteiger partial charge < -0.3 is 9.64 Å².